The molecule has 0 atom stereocenters. The van der Waals surface area contributed by atoms with E-state index in [0.717, 1.165) is 118 Å². The number of benzene rings is 20. The number of aromatic nitrogens is 1. The Morgan fingerprint density at radius 2 is 0.493 bits per heavy atom. The van der Waals surface area contributed by atoms with E-state index in [0.29, 0.717) is 0 Å². The Balaban J connectivity index is 0.822. The van der Waals surface area contributed by atoms with Crippen LogP contribution in [0.5, 0.6) is 0 Å². The van der Waals surface area contributed by atoms with Crippen molar-refractivity contribution < 1.29 is 0 Å². The molecular formula is C138H108BN3. The second-order valence-corrected chi connectivity index (χ2v) is 44.5. The van der Waals surface area contributed by atoms with Crippen LogP contribution >= 0.6 is 0 Å². The molecule has 0 fully saturated rings. The molecule has 4 heteroatoms. The molecule has 0 saturated carbocycles. The summed E-state index contributed by atoms with van der Waals surface area (Å²) in [5.74, 6) is 0. The Bertz CT molecular complexity index is 8250. The summed E-state index contributed by atoms with van der Waals surface area (Å²) < 4.78 is 2.46. The molecule has 0 amide bonds. The van der Waals surface area contributed by atoms with Crippen LogP contribution in [0.1, 0.15) is 150 Å². The highest BCUT2D eigenvalue weighted by atomic mass is 15.2. The van der Waals surface area contributed by atoms with Crippen LogP contribution < -0.4 is 26.2 Å². The molecule has 0 bridgehead atoms. The zero-order chi connectivity index (χ0) is 95.9. The van der Waals surface area contributed by atoms with Gasteiger partial charge in [0.1, 0.15) is 0 Å². The third-order valence-electron chi connectivity index (χ3n) is 32.4. The van der Waals surface area contributed by atoms with Crippen LogP contribution in [-0.2, 0) is 32.5 Å². The topological polar surface area (TPSA) is 11.4 Å². The first-order chi connectivity index (χ1) is 69.0. The van der Waals surface area contributed by atoms with Crippen molar-refractivity contribution in [3.05, 3.63) is 504 Å². The first-order valence-corrected chi connectivity index (χ1v) is 50.7. The fourth-order valence-electron chi connectivity index (χ4n) is 25.9. The monoisotopic (exact) mass is 1820 g/mol. The van der Waals surface area contributed by atoms with Crippen LogP contribution in [0.25, 0.3) is 150 Å². The number of fused-ring (bicyclic) bond motifs is 27. The molecule has 27 rings (SSSR count). The summed E-state index contributed by atoms with van der Waals surface area (Å²) in [6.07, 6.45) is 0. The second-order valence-electron chi connectivity index (χ2n) is 44.5. The van der Waals surface area contributed by atoms with Crippen LogP contribution in [0, 0.1) is 0 Å². The van der Waals surface area contributed by atoms with Gasteiger partial charge in [-0.25, -0.2) is 0 Å². The lowest BCUT2D eigenvalue weighted by molar-refractivity contribution is 0.590. The van der Waals surface area contributed by atoms with Gasteiger partial charge in [-0.05, 0) is 260 Å². The molecule has 21 aromatic rings. The smallest absolute Gasteiger partial charge is 0.252 e. The summed E-state index contributed by atoms with van der Waals surface area (Å²) in [5, 5.41) is 2.38. The summed E-state index contributed by atoms with van der Waals surface area (Å²) in [6.45, 7) is 27.9. The van der Waals surface area contributed by atoms with E-state index in [2.05, 4.69) is 534 Å². The van der Waals surface area contributed by atoms with Crippen molar-refractivity contribution in [2.24, 2.45) is 0 Å². The van der Waals surface area contributed by atoms with Crippen molar-refractivity contribution in [3.8, 4) is 128 Å². The Hall–Kier alpha value is -16.1. The first kappa shape index (κ1) is 85.1. The van der Waals surface area contributed by atoms with Crippen molar-refractivity contribution in [2.45, 2.75) is 116 Å². The number of nitrogens with zero attached hydrogens (tertiary/aromatic N) is 3. The molecule has 2 spiro atoms. The fourth-order valence-corrected chi connectivity index (χ4v) is 25.9. The molecule has 3 nitrogen and oxygen atoms in total. The van der Waals surface area contributed by atoms with Crippen molar-refractivity contribution in [1.82, 2.24) is 4.57 Å². The van der Waals surface area contributed by atoms with Gasteiger partial charge in [0, 0.05) is 61.5 Å². The van der Waals surface area contributed by atoms with E-state index in [1.807, 2.05) is 0 Å². The average Bonchev–Trinajstić information content (AvgIpc) is 1.41. The van der Waals surface area contributed by atoms with Crippen molar-refractivity contribution in [1.29, 1.82) is 0 Å². The maximum absolute atomic E-state index is 2.79. The van der Waals surface area contributed by atoms with E-state index < -0.39 is 17.5 Å². The molecule has 142 heavy (non-hydrogen) atoms. The number of hydrogen-bond donors (Lipinski definition) is 0. The van der Waals surface area contributed by atoms with E-state index >= 15 is 0 Å². The quantitative estimate of drug-likeness (QED) is 0.126. The summed E-state index contributed by atoms with van der Waals surface area (Å²) in [5.41, 5.74) is 53.8. The molecule has 0 unspecified atom stereocenters. The molecule has 678 valence electrons. The van der Waals surface area contributed by atoms with Crippen molar-refractivity contribution in [3.63, 3.8) is 0 Å². The Morgan fingerprint density at radius 1 is 0.197 bits per heavy atom. The Labute approximate surface area is 834 Å². The average molecular weight is 1820 g/mol. The number of anilines is 6. The van der Waals surface area contributed by atoms with Crippen molar-refractivity contribution in [2.75, 3.05) is 9.80 Å². The molecule has 20 aromatic carbocycles. The minimum atomic E-state index is -0.578. The van der Waals surface area contributed by atoms with Gasteiger partial charge in [-0.2, -0.15) is 0 Å². The van der Waals surface area contributed by atoms with Gasteiger partial charge in [0.15, 0.2) is 0 Å². The van der Waals surface area contributed by atoms with Crippen LogP contribution in [0.3, 0.4) is 0 Å². The summed E-state index contributed by atoms with van der Waals surface area (Å²) in [7, 11) is 0. The van der Waals surface area contributed by atoms with Gasteiger partial charge in [0.05, 0.1) is 33.2 Å². The zero-order valence-electron chi connectivity index (χ0n) is 82.5. The molecule has 0 radical (unpaired) electrons. The predicted octanol–water partition coefficient (Wildman–Crippen LogP) is 34.4. The van der Waals surface area contributed by atoms with Gasteiger partial charge in [-0.3, -0.25) is 0 Å². The van der Waals surface area contributed by atoms with Crippen LogP contribution in [0.2, 0.25) is 0 Å². The molecule has 3 heterocycles. The molecule has 6 aliphatic rings. The Kier molecular flexibility index (Phi) is 18.7. The Morgan fingerprint density at radius 3 is 0.880 bits per heavy atom. The fraction of sp³-hybridized carbons (Fsp3) is 0.130. The minimum Gasteiger partial charge on any atom is -0.310 e. The van der Waals surface area contributed by atoms with E-state index in [4.69, 9.17) is 0 Å². The highest BCUT2D eigenvalue weighted by Gasteiger charge is 2.55. The van der Waals surface area contributed by atoms with Crippen LogP contribution in [0.4, 0.5) is 34.1 Å². The molecule has 1 aromatic heterocycles. The summed E-state index contributed by atoms with van der Waals surface area (Å²) >= 11 is 0. The first-order valence-electron chi connectivity index (χ1n) is 50.7. The largest absolute Gasteiger partial charge is 0.310 e. The van der Waals surface area contributed by atoms with Gasteiger partial charge in [0.2, 0.25) is 0 Å². The standard InChI is InChI=1S/C138H108BN3/c1-133(2,3)93-42-30-38-86(76-93)100-57-34-58-101(87-39-31-43-94(77-87)134(4,5)6)131(100)141-124-74-71-90(98-55-36-67-118-128(98)109-53-20-27-65-116(109)137(118)112-61-23-16-48-104(112)105-49-17-24-62-113(105)137)81-120(124)139-121-82-91(99-56-37-68-119-129(99)110-54-21-28-66-117(110)138(119)114-63-25-18-50-106(114)107-51-19-26-64-115(107)138)72-75-125(121)142(132-102(88-40-32-44-95(78-88)135(7,8)9)59-35-60-103(132)89-41-33-45-96(79-89)136(10,11)12)127-84-92(83-126(141)130(127)139)85-70-73-123-111(80-85)108-52-22-29-69-122(108)140(123)97-46-14-13-15-47-97/h13-84H,1-12H3. The normalized spacial score (nSPS) is 14.0. The van der Waals surface area contributed by atoms with Gasteiger partial charge < -0.3 is 14.4 Å². The highest BCUT2D eigenvalue weighted by Crippen LogP contribution is 2.67. The lowest BCUT2D eigenvalue weighted by Crippen LogP contribution is -2.61. The number of para-hydroxylation sites is 4. The zero-order valence-corrected chi connectivity index (χ0v) is 82.5. The van der Waals surface area contributed by atoms with Gasteiger partial charge in [0.25, 0.3) is 6.71 Å². The summed E-state index contributed by atoms with van der Waals surface area (Å²) in [6, 6.07) is 171. The van der Waals surface area contributed by atoms with E-state index in [1.165, 1.54) is 150 Å². The lowest BCUT2D eigenvalue weighted by atomic mass is 9.33. The minimum absolute atomic E-state index is 0.175. The van der Waals surface area contributed by atoms with Crippen LogP contribution in [-0.4, -0.2) is 11.3 Å². The molecule has 2 aliphatic heterocycles. The van der Waals surface area contributed by atoms with Crippen molar-refractivity contribution >= 4 is 79.0 Å². The molecular weight excluding hydrogens is 1710 g/mol. The third kappa shape index (κ3) is 12.4. The van der Waals surface area contributed by atoms with E-state index in [1.54, 1.807) is 0 Å². The lowest BCUT2D eigenvalue weighted by Gasteiger charge is -2.46. The summed E-state index contributed by atoms with van der Waals surface area (Å²) in [4.78, 5) is 5.58. The van der Waals surface area contributed by atoms with Gasteiger partial charge in [-0.15, -0.1) is 0 Å². The van der Waals surface area contributed by atoms with E-state index in [9.17, 15) is 0 Å². The molecule has 0 saturated heterocycles. The van der Waals surface area contributed by atoms with Gasteiger partial charge >= 0.3 is 0 Å². The third-order valence-corrected chi connectivity index (χ3v) is 32.4. The number of hydrogen-bond acceptors (Lipinski definition) is 2. The van der Waals surface area contributed by atoms with E-state index in [-0.39, 0.29) is 21.7 Å². The molecule has 0 N–H and O–H groups in total. The maximum Gasteiger partial charge on any atom is 0.252 e. The molecule has 4 aliphatic carbocycles. The second kappa shape index (κ2) is 31.2. The number of rotatable bonds is 10. The predicted molar refractivity (Wildman–Crippen MR) is 600 cm³/mol. The maximum atomic E-state index is 2.79. The van der Waals surface area contributed by atoms with Crippen LogP contribution in [0.15, 0.2) is 437 Å². The highest BCUT2D eigenvalue weighted by molar-refractivity contribution is 7.00. The SMILES string of the molecule is CC(C)(C)c1cccc(-c2cccc(-c3cccc(C(C)(C)C)c3)c2N2c3ccc(-c4cccc5c4-c4ccccc4C54c5ccccc5-c5ccccc54)cc3B3c4cc(-c5cccc6c5-c5ccccc5C65c6ccccc6-c6ccccc65)ccc4N(c4c(-c5cccc(C(C)(C)C)c5)cccc4-c4cccc(C(C)(C)C)c4)c4cc(-c5ccc6c(c5)c5ccccc5n6-c5ccccc5)cc2c43)c1. The van der Waals surface area contributed by atoms with Gasteiger partial charge in [-0.1, -0.05) is 465 Å².